The molecule has 17 heavy (non-hydrogen) atoms. The van der Waals surface area contributed by atoms with Gasteiger partial charge in [-0.05, 0) is 31.8 Å². The fourth-order valence-electron chi connectivity index (χ4n) is 1.95. The van der Waals surface area contributed by atoms with Crippen LogP contribution >= 0.6 is 0 Å². The number of hydrogen-bond acceptors (Lipinski definition) is 3. The van der Waals surface area contributed by atoms with Gasteiger partial charge in [0.15, 0.2) is 0 Å². The Morgan fingerprint density at radius 3 is 2.71 bits per heavy atom. The monoisotopic (exact) mass is 229 g/mol. The lowest BCUT2D eigenvalue weighted by Crippen LogP contribution is -2.32. The van der Waals surface area contributed by atoms with Crippen LogP contribution in [-0.4, -0.2) is 29.9 Å². The number of nitrogens with two attached hydrogens (primary N) is 1. The third-order valence-electron chi connectivity index (χ3n) is 2.71. The third-order valence-corrected chi connectivity index (χ3v) is 2.71. The zero-order valence-corrected chi connectivity index (χ0v) is 9.92. The lowest BCUT2D eigenvalue weighted by atomic mass is 10.1. The molecule has 1 aromatic heterocycles. The van der Waals surface area contributed by atoms with Gasteiger partial charge in [-0.3, -0.25) is 14.7 Å². The first-order valence-electron chi connectivity index (χ1n) is 5.40. The van der Waals surface area contributed by atoms with Crippen molar-refractivity contribution in [3.05, 3.63) is 42.1 Å². The highest BCUT2D eigenvalue weighted by molar-refractivity contribution is 5.84. The first-order valence-corrected chi connectivity index (χ1v) is 5.40. The van der Waals surface area contributed by atoms with Crippen LogP contribution in [0.25, 0.3) is 10.9 Å². The van der Waals surface area contributed by atoms with Crippen LogP contribution in [-0.2, 0) is 4.79 Å². The lowest BCUT2D eigenvalue weighted by Gasteiger charge is -2.21. The highest BCUT2D eigenvalue weighted by Gasteiger charge is 2.20. The van der Waals surface area contributed by atoms with E-state index in [0.717, 1.165) is 16.5 Å². The number of likely N-dealkylation sites (N-methyl/N-ethyl adjacent to an activating group) is 1. The van der Waals surface area contributed by atoms with Gasteiger partial charge in [0.2, 0.25) is 5.91 Å². The number of benzene rings is 1. The van der Waals surface area contributed by atoms with E-state index in [1.807, 2.05) is 44.4 Å². The van der Waals surface area contributed by atoms with E-state index in [0.29, 0.717) is 0 Å². The number of aromatic nitrogens is 1. The van der Waals surface area contributed by atoms with E-state index in [1.54, 1.807) is 11.1 Å². The molecule has 1 atom stereocenters. The second kappa shape index (κ2) is 4.51. The molecule has 2 N–H and O–H groups in total. The van der Waals surface area contributed by atoms with E-state index in [2.05, 4.69) is 4.98 Å². The third kappa shape index (κ3) is 2.26. The van der Waals surface area contributed by atoms with Crippen LogP contribution in [0, 0.1) is 0 Å². The Bertz CT molecular complexity index is 551. The molecule has 1 unspecified atom stereocenters. The molecule has 0 aliphatic rings. The summed E-state index contributed by atoms with van der Waals surface area (Å²) in [6.07, 6.45) is 1.71. The molecule has 0 saturated heterocycles. The largest absolute Gasteiger partial charge is 0.368 e. The van der Waals surface area contributed by atoms with Crippen LogP contribution in [0.15, 0.2) is 36.5 Å². The molecule has 0 saturated carbocycles. The summed E-state index contributed by atoms with van der Waals surface area (Å²) >= 11 is 0. The molecule has 0 aliphatic carbocycles. The molecule has 0 bridgehead atoms. The van der Waals surface area contributed by atoms with E-state index in [9.17, 15) is 4.79 Å². The van der Waals surface area contributed by atoms with Crippen LogP contribution in [0.2, 0.25) is 0 Å². The lowest BCUT2D eigenvalue weighted by molar-refractivity contribution is -0.122. The fourth-order valence-corrected chi connectivity index (χ4v) is 1.95. The SMILES string of the molecule is CN(C)C(C(N)=O)c1cnc2ccccc2c1. The summed E-state index contributed by atoms with van der Waals surface area (Å²) in [7, 11) is 3.65. The Morgan fingerprint density at radius 2 is 2.06 bits per heavy atom. The van der Waals surface area contributed by atoms with Gasteiger partial charge in [-0.15, -0.1) is 0 Å². The number of nitrogens with zero attached hydrogens (tertiary/aromatic N) is 2. The molecule has 1 heterocycles. The molecule has 0 fully saturated rings. The van der Waals surface area contributed by atoms with Gasteiger partial charge in [-0.1, -0.05) is 18.2 Å². The van der Waals surface area contributed by atoms with E-state index in [-0.39, 0.29) is 5.91 Å². The second-order valence-electron chi connectivity index (χ2n) is 4.23. The maximum absolute atomic E-state index is 11.4. The summed E-state index contributed by atoms with van der Waals surface area (Å²) in [6.45, 7) is 0. The van der Waals surface area contributed by atoms with E-state index < -0.39 is 6.04 Å². The number of pyridine rings is 1. The van der Waals surface area contributed by atoms with Crippen LogP contribution in [0.3, 0.4) is 0 Å². The van der Waals surface area contributed by atoms with E-state index in [1.165, 1.54) is 0 Å². The van der Waals surface area contributed by atoms with Crippen molar-refractivity contribution < 1.29 is 4.79 Å². The topological polar surface area (TPSA) is 59.2 Å². The first-order chi connectivity index (χ1) is 8.09. The second-order valence-corrected chi connectivity index (χ2v) is 4.23. The molecule has 2 aromatic rings. The number of carbonyl (C=O) groups is 1. The van der Waals surface area contributed by atoms with Gasteiger partial charge in [-0.25, -0.2) is 0 Å². The number of carbonyl (C=O) groups excluding carboxylic acids is 1. The molecule has 88 valence electrons. The molecule has 0 radical (unpaired) electrons. The van der Waals surface area contributed by atoms with Gasteiger partial charge >= 0.3 is 0 Å². The van der Waals surface area contributed by atoms with Crippen molar-refractivity contribution in [2.24, 2.45) is 5.73 Å². The molecule has 0 aliphatic heterocycles. The molecular weight excluding hydrogens is 214 g/mol. The average molecular weight is 229 g/mol. The maximum atomic E-state index is 11.4. The van der Waals surface area contributed by atoms with Crippen LogP contribution < -0.4 is 5.73 Å². The summed E-state index contributed by atoms with van der Waals surface area (Å²) in [4.78, 5) is 17.5. The smallest absolute Gasteiger partial charge is 0.239 e. The van der Waals surface area contributed by atoms with Gasteiger partial charge < -0.3 is 5.73 Å². The van der Waals surface area contributed by atoms with Crippen molar-refractivity contribution in [3.8, 4) is 0 Å². The summed E-state index contributed by atoms with van der Waals surface area (Å²) in [5.41, 5.74) is 7.14. The molecule has 1 aromatic carbocycles. The standard InChI is InChI=1S/C13H15N3O/c1-16(2)12(13(14)17)10-7-9-5-3-4-6-11(9)15-8-10/h3-8,12H,1-2H3,(H2,14,17). The minimum absolute atomic E-state index is 0.368. The summed E-state index contributed by atoms with van der Waals surface area (Å²) in [5, 5.41) is 1.01. The molecular formula is C13H15N3O. The Hall–Kier alpha value is -1.94. The normalized spacial score (nSPS) is 12.9. The molecule has 4 nitrogen and oxygen atoms in total. The van der Waals surface area contributed by atoms with Crippen LogP contribution in [0.4, 0.5) is 0 Å². The average Bonchev–Trinajstić information content (AvgIpc) is 2.28. The molecule has 1 amide bonds. The van der Waals surface area contributed by atoms with Gasteiger partial charge in [0, 0.05) is 11.6 Å². The number of para-hydroxylation sites is 1. The number of hydrogen-bond donors (Lipinski definition) is 1. The Balaban J connectivity index is 2.51. The summed E-state index contributed by atoms with van der Waals surface area (Å²) in [5.74, 6) is -0.368. The van der Waals surface area contributed by atoms with Crippen LogP contribution in [0.1, 0.15) is 11.6 Å². The highest BCUT2D eigenvalue weighted by Crippen LogP contribution is 2.21. The van der Waals surface area contributed by atoms with Crippen LogP contribution in [0.5, 0.6) is 0 Å². The Labute approximate surface area is 100 Å². The molecule has 0 spiro atoms. The van der Waals surface area contributed by atoms with Crippen molar-refractivity contribution >= 4 is 16.8 Å². The Kier molecular flexibility index (Phi) is 3.06. The minimum Gasteiger partial charge on any atom is -0.368 e. The number of rotatable bonds is 3. The van der Waals surface area contributed by atoms with Gasteiger partial charge in [0.1, 0.15) is 6.04 Å². The van der Waals surface area contributed by atoms with Crippen molar-refractivity contribution in [1.82, 2.24) is 9.88 Å². The minimum atomic E-state index is -0.438. The van der Waals surface area contributed by atoms with Gasteiger partial charge in [-0.2, -0.15) is 0 Å². The predicted molar refractivity (Wildman–Crippen MR) is 67.4 cm³/mol. The summed E-state index contributed by atoms with van der Waals surface area (Å²) < 4.78 is 0. The van der Waals surface area contributed by atoms with Crippen molar-refractivity contribution in [2.45, 2.75) is 6.04 Å². The van der Waals surface area contributed by atoms with E-state index >= 15 is 0 Å². The van der Waals surface area contributed by atoms with Crippen molar-refractivity contribution in [3.63, 3.8) is 0 Å². The van der Waals surface area contributed by atoms with E-state index in [4.69, 9.17) is 5.73 Å². The summed E-state index contributed by atoms with van der Waals surface area (Å²) in [6, 6.07) is 9.31. The number of amides is 1. The van der Waals surface area contributed by atoms with Crippen molar-refractivity contribution in [2.75, 3.05) is 14.1 Å². The number of primary amides is 1. The molecule has 4 heteroatoms. The predicted octanol–water partition coefficient (Wildman–Crippen LogP) is 1.32. The highest BCUT2D eigenvalue weighted by atomic mass is 16.1. The van der Waals surface area contributed by atoms with Crippen molar-refractivity contribution in [1.29, 1.82) is 0 Å². The number of fused-ring (bicyclic) bond motifs is 1. The zero-order valence-electron chi connectivity index (χ0n) is 9.92. The quantitative estimate of drug-likeness (QED) is 0.863. The molecule has 2 rings (SSSR count). The van der Waals surface area contributed by atoms with Gasteiger partial charge in [0.25, 0.3) is 0 Å². The first kappa shape index (κ1) is 11.5. The van der Waals surface area contributed by atoms with Gasteiger partial charge in [0.05, 0.1) is 5.52 Å². The fraction of sp³-hybridized carbons (Fsp3) is 0.231. The Morgan fingerprint density at radius 1 is 1.35 bits per heavy atom. The maximum Gasteiger partial charge on any atom is 0.239 e. The zero-order chi connectivity index (χ0) is 12.4.